The monoisotopic (exact) mass is 280 g/mol. The lowest BCUT2D eigenvalue weighted by molar-refractivity contribution is 0.0692. The van der Waals surface area contributed by atoms with Crippen LogP contribution in [-0.4, -0.2) is 21.0 Å². The highest BCUT2D eigenvalue weighted by atomic mass is 35.5. The lowest BCUT2D eigenvalue weighted by Gasteiger charge is -2.04. The number of hydrogen-bond donors (Lipinski definition) is 1. The van der Waals surface area contributed by atoms with Gasteiger partial charge in [0.2, 0.25) is 0 Å². The van der Waals surface area contributed by atoms with Gasteiger partial charge in [-0.1, -0.05) is 23.4 Å². The van der Waals surface area contributed by atoms with E-state index in [1.165, 1.54) is 17.8 Å². The van der Waals surface area contributed by atoms with Gasteiger partial charge in [0, 0.05) is 23.2 Å². The Hall–Kier alpha value is -1.59. The van der Waals surface area contributed by atoms with Crippen LogP contribution in [0.15, 0.2) is 41.7 Å². The second-order valence-corrected chi connectivity index (χ2v) is 4.82. The van der Waals surface area contributed by atoms with Crippen LogP contribution in [0.25, 0.3) is 0 Å². The number of carbonyl (C=O) groups is 1. The van der Waals surface area contributed by atoms with Gasteiger partial charge in [0.1, 0.15) is 5.03 Å². The summed E-state index contributed by atoms with van der Waals surface area (Å²) in [6, 6.07) is 6.57. The SMILES string of the molecule is O=C(O)c1cccnc1SCc1cc(Cl)ccn1. The van der Waals surface area contributed by atoms with Gasteiger partial charge in [-0.3, -0.25) is 4.98 Å². The lowest BCUT2D eigenvalue weighted by atomic mass is 10.3. The molecule has 4 nitrogen and oxygen atoms in total. The van der Waals surface area contributed by atoms with Gasteiger partial charge in [0.25, 0.3) is 0 Å². The molecule has 2 heterocycles. The number of halogens is 1. The first-order chi connectivity index (χ1) is 8.66. The molecule has 0 aliphatic rings. The molecule has 0 amide bonds. The Balaban J connectivity index is 2.13. The Morgan fingerprint density at radius 1 is 1.33 bits per heavy atom. The highest BCUT2D eigenvalue weighted by Gasteiger charge is 2.11. The number of carboxylic acid groups (broad SMARTS) is 1. The summed E-state index contributed by atoms with van der Waals surface area (Å²) < 4.78 is 0. The average Bonchev–Trinajstić information content (AvgIpc) is 2.37. The van der Waals surface area contributed by atoms with Gasteiger partial charge in [-0.05, 0) is 24.3 Å². The van der Waals surface area contributed by atoms with Crippen molar-refractivity contribution in [2.24, 2.45) is 0 Å². The summed E-state index contributed by atoms with van der Waals surface area (Å²) in [7, 11) is 0. The second kappa shape index (κ2) is 5.84. The van der Waals surface area contributed by atoms with Gasteiger partial charge in [-0.2, -0.15) is 0 Å². The molecule has 0 atom stereocenters. The van der Waals surface area contributed by atoms with Gasteiger partial charge in [-0.15, -0.1) is 0 Å². The quantitative estimate of drug-likeness (QED) is 0.872. The molecule has 0 saturated carbocycles. The van der Waals surface area contributed by atoms with E-state index >= 15 is 0 Å². The van der Waals surface area contributed by atoms with E-state index in [1.807, 2.05) is 0 Å². The maximum Gasteiger partial charge on any atom is 0.338 e. The number of thioether (sulfide) groups is 1. The number of rotatable bonds is 4. The van der Waals surface area contributed by atoms with Gasteiger partial charge < -0.3 is 5.11 Å². The molecule has 6 heteroatoms. The van der Waals surface area contributed by atoms with Crippen molar-refractivity contribution >= 4 is 29.3 Å². The predicted molar refractivity (Wildman–Crippen MR) is 70.0 cm³/mol. The molecule has 2 rings (SSSR count). The van der Waals surface area contributed by atoms with Crippen LogP contribution in [-0.2, 0) is 5.75 Å². The number of nitrogens with zero attached hydrogens (tertiary/aromatic N) is 2. The summed E-state index contributed by atoms with van der Waals surface area (Å²) in [6.07, 6.45) is 3.19. The minimum absolute atomic E-state index is 0.199. The fraction of sp³-hybridized carbons (Fsp3) is 0.0833. The molecule has 18 heavy (non-hydrogen) atoms. The number of aromatic nitrogens is 2. The minimum atomic E-state index is -0.982. The zero-order valence-electron chi connectivity index (χ0n) is 9.21. The van der Waals surface area contributed by atoms with E-state index in [9.17, 15) is 4.79 Å². The zero-order chi connectivity index (χ0) is 13.0. The number of aromatic carboxylic acids is 1. The van der Waals surface area contributed by atoms with E-state index in [1.54, 1.807) is 30.6 Å². The molecule has 2 aromatic heterocycles. The maximum atomic E-state index is 11.0. The zero-order valence-corrected chi connectivity index (χ0v) is 10.8. The smallest absolute Gasteiger partial charge is 0.338 e. The van der Waals surface area contributed by atoms with Gasteiger partial charge in [-0.25, -0.2) is 9.78 Å². The third-order valence-corrected chi connectivity index (χ3v) is 3.41. The molecule has 0 aromatic carbocycles. The highest BCUT2D eigenvalue weighted by molar-refractivity contribution is 7.98. The van der Waals surface area contributed by atoms with E-state index in [0.717, 1.165) is 5.69 Å². The Kier molecular flexibility index (Phi) is 4.17. The van der Waals surface area contributed by atoms with E-state index < -0.39 is 5.97 Å². The fourth-order valence-electron chi connectivity index (χ4n) is 1.34. The first kappa shape index (κ1) is 12.9. The molecule has 0 spiro atoms. The van der Waals surface area contributed by atoms with Crippen molar-refractivity contribution in [1.29, 1.82) is 0 Å². The van der Waals surface area contributed by atoms with E-state index in [2.05, 4.69) is 9.97 Å². The molecular formula is C12H9ClN2O2S. The van der Waals surface area contributed by atoms with Crippen LogP contribution in [0.5, 0.6) is 0 Å². The predicted octanol–water partition coefficient (Wildman–Crippen LogP) is 3.12. The summed E-state index contributed by atoms with van der Waals surface area (Å²) in [5, 5.41) is 10.1. The molecule has 0 fully saturated rings. The van der Waals surface area contributed by atoms with E-state index in [0.29, 0.717) is 15.8 Å². The first-order valence-corrected chi connectivity index (χ1v) is 6.44. The van der Waals surface area contributed by atoms with Crippen molar-refractivity contribution in [3.8, 4) is 0 Å². The third kappa shape index (κ3) is 3.21. The van der Waals surface area contributed by atoms with Crippen LogP contribution < -0.4 is 0 Å². The van der Waals surface area contributed by atoms with Crippen LogP contribution in [0.4, 0.5) is 0 Å². The highest BCUT2D eigenvalue weighted by Crippen LogP contribution is 2.24. The Morgan fingerprint density at radius 3 is 2.89 bits per heavy atom. The molecule has 2 aromatic rings. The topological polar surface area (TPSA) is 63.1 Å². The Labute approximate surface area is 113 Å². The molecule has 1 N–H and O–H groups in total. The Bertz CT molecular complexity index is 578. The van der Waals surface area contributed by atoms with Gasteiger partial charge in [0.05, 0.1) is 11.3 Å². The second-order valence-electron chi connectivity index (χ2n) is 3.42. The minimum Gasteiger partial charge on any atom is -0.478 e. The van der Waals surface area contributed by atoms with Crippen LogP contribution in [0, 0.1) is 0 Å². The molecule has 0 radical (unpaired) electrons. The van der Waals surface area contributed by atoms with Crippen molar-refractivity contribution in [3.05, 3.63) is 52.9 Å². The fourth-order valence-corrected chi connectivity index (χ4v) is 2.41. The Morgan fingerprint density at radius 2 is 2.17 bits per heavy atom. The van der Waals surface area contributed by atoms with Gasteiger partial charge >= 0.3 is 5.97 Å². The van der Waals surface area contributed by atoms with Crippen LogP contribution in [0.2, 0.25) is 5.02 Å². The van der Waals surface area contributed by atoms with Crippen molar-refractivity contribution < 1.29 is 9.90 Å². The van der Waals surface area contributed by atoms with Crippen molar-refractivity contribution in [2.75, 3.05) is 0 Å². The van der Waals surface area contributed by atoms with E-state index in [4.69, 9.17) is 16.7 Å². The molecule has 0 saturated heterocycles. The molecule has 0 aliphatic heterocycles. The largest absolute Gasteiger partial charge is 0.478 e. The molecule has 0 unspecified atom stereocenters. The van der Waals surface area contributed by atoms with Crippen molar-refractivity contribution in [1.82, 2.24) is 9.97 Å². The van der Waals surface area contributed by atoms with Crippen molar-refractivity contribution in [3.63, 3.8) is 0 Å². The maximum absolute atomic E-state index is 11.0. The number of carboxylic acids is 1. The normalized spacial score (nSPS) is 10.3. The molecule has 0 bridgehead atoms. The summed E-state index contributed by atoms with van der Waals surface area (Å²) in [5.74, 6) is -0.456. The summed E-state index contributed by atoms with van der Waals surface area (Å²) in [4.78, 5) is 19.2. The van der Waals surface area contributed by atoms with Crippen LogP contribution in [0.1, 0.15) is 16.1 Å². The number of hydrogen-bond acceptors (Lipinski definition) is 4. The van der Waals surface area contributed by atoms with E-state index in [-0.39, 0.29) is 5.56 Å². The summed E-state index contributed by atoms with van der Waals surface area (Å²) >= 11 is 7.17. The van der Waals surface area contributed by atoms with Crippen LogP contribution in [0.3, 0.4) is 0 Å². The standard InChI is InChI=1S/C12H9ClN2O2S/c13-8-3-5-14-9(6-8)7-18-11-10(12(16)17)2-1-4-15-11/h1-6H,7H2,(H,16,17). The van der Waals surface area contributed by atoms with Gasteiger partial charge in [0.15, 0.2) is 0 Å². The lowest BCUT2D eigenvalue weighted by Crippen LogP contribution is -2.00. The molecular weight excluding hydrogens is 272 g/mol. The first-order valence-electron chi connectivity index (χ1n) is 5.08. The third-order valence-electron chi connectivity index (χ3n) is 2.14. The average molecular weight is 281 g/mol. The molecule has 92 valence electrons. The molecule has 0 aliphatic carbocycles. The van der Waals surface area contributed by atoms with Crippen molar-refractivity contribution in [2.45, 2.75) is 10.8 Å². The number of pyridine rings is 2. The summed E-state index contributed by atoms with van der Waals surface area (Å²) in [5.41, 5.74) is 0.985. The summed E-state index contributed by atoms with van der Waals surface area (Å²) in [6.45, 7) is 0. The van der Waals surface area contributed by atoms with Crippen LogP contribution >= 0.6 is 23.4 Å².